The predicted octanol–water partition coefficient (Wildman–Crippen LogP) is 4.69. The average Bonchev–Trinajstić information content (AvgIpc) is 3.18. The van der Waals surface area contributed by atoms with Crippen molar-refractivity contribution in [3.05, 3.63) is 35.9 Å². The van der Waals surface area contributed by atoms with Crippen LogP contribution in [0.3, 0.4) is 0 Å². The smallest absolute Gasteiger partial charge is 0.419 e. The lowest BCUT2D eigenvalue weighted by molar-refractivity contribution is -0.138. The fourth-order valence-electron chi connectivity index (χ4n) is 4.85. The molecule has 2 aliphatic heterocycles. The highest BCUT2D eigenvalue weighted by molar-refractivity contribution is 5.76. The number of aromatic nitrogens is 4. The monoisotopic (exact) mass is 450 g/mol. The highest BCUT2D eigenvalue weighted by atomic mass is 19.4. The van der Waals surface area contributed by atoms with Gasteiger partial charge in [0.2, 0.25) is 5.95 Å². The standard InChI is InChI=1S/C21H25F3N6O2/c1-19(2,3)20-6-5-14(30(20)18(31)32)7-12(8-20)16-15(21(22,23)24)10-25-17(28-16)27-13-9-26-29(4)11-13/h8-11,14H,5-7H2,1-4H3,(H,31,32)(H,25,27,28). The van der Waals surface area contributed by atoms with E-state index in [1.165, 1.54) is 11.1 Å². The van der Waals surface area contributed by atoms with E-state index in [1.54, 1.807) is 24.0 Å². The lowest BCUT2D eigenvalue weighted by Gasteiger charge is -2.49. The average molecular weight is 450 g/mol. The lowest BCUT2D eigenvalue weighted by Crippen LogP contribution is -2.58. The van der Waals surface area contributed by atoms with E-state index in [1.807, 2.05) is 20.8 Å². The summed E-state index contributed by atoms with van der Waals surface area (Å²) in [6, 6.07) is -0.405. The number of rotatable bonds is 3. The molecule has 2 unspecified atom stereocenters. The number of hydrogen-bond donors (Lipinski definition) is 2. The molecule has 2 aromatic rings. The Morgan fingerprint density at radius 3 is 2.56 bits per heavy atom. The third-order valence-electron chi connectivity index (χ3n) is 6.39. The number of fused-ring (bicyclic) bond motifs is 2. The number of aryl methyl sites for hydroxylation is 1. The van der Waals surface area contributed by atoms with E-state index in [9.17, 15) is 23.1 Å². The van der Waals surface area contributed by atoms with Crippen molar-refractivity contribution in [2.24, 2.45) is 12.5 Å². The Labute approximate surface area is 183 Å². The molecule has 32 heavy (non-hydrogen) atoms. The van der Waals surface area contributed by atoms with E-state index in [4.69, 9.17) is 0 Å². The SMILES string of the molecule is Cn1cc(Nc2ncc(C(F)(F)F)c(C3=CC4(C(C)(C)C)CCC(C3)N4C(=O)O)n2)cn1. The third-order valence-corrected chi connectivity index (χ3v) is 6.39. The van der Waals surface area contributed by atoms with Crippen molar-refractivity contribution in [3.8, 4) is 0 Å². The van der Waals surface area contributed by atoms with Crippen LogP contribution in [0.15, 0.2) is 24.7 Å². The first kappa shape index (κ1) is 22.1. The molecule has 2 aliphatic rings. The van der Waals surface area contributed by atoms with Gasteiger partial charge in [-0.15, -0.1) is 0 Å². The fraction of sp³-hybridized carbons (Fsp3) is 0.524. The molecule has 1 amide bonds. The molecule has 4 heterocycles. The van der Waals surface area contributed by atoms with Gasteiger partial charge in [-0.25, -0.2) is 14.8 Å². The number of carboxylic acid groups (broad SMARTS) is 1. The van der Waals surface area contributed by atoms with Crippen molar-refractivity contribution in [1.29, 1.82) is 0 Å². The maximum atomic E-state index is 13.9. The molecule has 11 heteroatoms. The second kappa shape index (κ2) is 7.21. The maximum absolute atomic E-state index is 13.9. The maximum Gasteiger partial charge on any atom is 0.419 e. The van der Waals surface area contributed by atoms with Crippen molar-refractivity contribution in [1.82, 2.24) is 24.6 Å². The summed E-state index contributed by atoms with van der Waals surface area (Å²) in [4.78, 5) is 21.6. The van der Waals surface area contributed by atoms with Gasteiger partial charge in [0.25, 0.3) is 0 Å². The topological polar surface area (TPSA) is 96.2 Å². The van der Waals surface area contributed by atoms with Crippen LogP contribution in [-0.4, -0.2) is 47.4 Å². The van der Waals surface area contributed by atoms with Crippen LogP contribution in [0, 0.1) is 5.41 Å². The molecule has 0 radical (unpaired) electrons. The molecule has 2 atom stereocenters. The molecule has 4 rings (SSSR count). The van der Waals surface area contributed by atoms with E-state index in [0.29, 0.717) is 24.1 Å². The summed E-state index contributed by atoms with van der Waals surface area (Å²) in [5.41, 5.74) is -1.66. The van der Waals surface area contributed by atoms with Crippen LogP contribution in [0.4, 0.5) is 29.6 Å². The highest BCUT2D eigenvalue weighted by Crippen LogP contribution is 2.54. The molecule has 2 bridgehead atoms. The van der Waals surface area contributed by atoms with E-state index in [2.05, 4.69) is 20.4 Å². The van der Waals surface area contributed by atoms with Crippen LogP contribution in [0.2, 0.25) is 0 Å². The molecule has 0 aliphatic carbocycles. The van der Waals surface area contributed by atoms with E-state index in [-0.39, 0.29) is 18.1 Å². The normalized spacial score (nSPS) is 23.3. The number of hydrogen-bond acceptors (Lipinski definition) is 5. The molecule has 2 N–H and O–H groups in total. The predicted molar refractivity (Wildman–Crippen MR) is 111 cm³/mol. The zero-order chi connectivity index (χ0) is 23.5. The summed E-state index contributed by atoms with van der Waals surface area (Å²) in [6.07, 6.45) is 1.21. The number of amides is 1. The minimum Gasteiger partial charge on any atom is -0.465 e. The number of nitrogens with one attached hydrogen (secondary N) is 1. The minimum absolute atomic E-state index is 0.0136. The van der Waals surface area contributed by atoms with E-state index < -0.39 is 34.8 Å². The summed E-state index contributed by atoms with van der Waals surface area (Å²) in [5, 5.41) is 16.8. The van der Waals surface area contributed by atoms with Gasteiger partial charge in [0.1, 0.15) is 0 Å². The van der Waals surface area contributed by atoms with Crippen LogP contribution in [0.25, 0.3) is 5.57 Å². The fourth-order valence-corrected chi connectivity index (χ4v) is 4.85. The zero-order valence-electron chi connectivity index (χ0n) is 18.2. The molecule has 0 saturated carbocycles. The van der Waals surface area contributed by atoms with Crippen LogP contribution in [0.1, 0.15) is 51.3 Å². The Kier molecular flexibility index (Phi) is 4.98. The molecular formula is C21H25F3N6O2. The quantitative estimate of drug-likeness (QED) is 0.705. The largest absolute Gasteiger partial charge is 0.465 e. The van der Waals surface area contributed by atoms with Crippen molar-refractivity contribution in [2.75, 3.05) is 5.32 Å². The highest BCUT2D eigenvalue weighted by Gasteiger charge is 2.57. The van der Waals surface area contributed by atoms with E-state index >= 15 is 0 Å². The first-order valence-corrected chi connectivity index (χ1v) is 10.3. The van der Waals surface area contributed by atoms with Crippen LogP contribution in [-0.2, 0) is 13.2 Å². The second-order valence-electron chi connectivity index (χ2n) is 9.37. The molecule has 2 aromatic heterocycles. The molecule has 0 spiro atoms. The van der Waals surface area contributed by atoms with Gasteiger partial charge >= 0.3 is 12.3 Å². The van der Waals surface area contributed by atoms with Gasteiger partial charge in [-0.05, 0) is 30.3 Å². The Bertz CT molecular complexity index is 1090. The molecule has 1 fully saturated rings. The number of alkyl halides is 3. The summed E-state index contributed by atoms with van der Waals surface area (Å²) >= 11 is 0. The van der Waals surface area contributed by atoms with Gasteiger partial charge in [-0.3, -0.25) is 9.58 Å². The van der Waals surface area contributed by atoms with Crippen molar-refractivity contribution >= 4 is 23.3 Å². The number of anilines is 2. The first-order valence-electron chi connectivity index (χ1n) is 10.3. The van der Waals surface area contributed by atoms with Gasteiger partial charge in [-0.2, -0.15) is 18.3 Å². The van der Waals surface area contributed by atoms with E-state index in [0.717, 1.165) is 6.20 Å². The molecule has 172 valence electrons. The lowest BCUT2D eigenvalue weighted by atomic mass is 9.70. The summed E-state index contributed by atoms with van der Waals surface area (Å²) in [7, 11) is 1.72. The Hall–Kier alpha value is -3.11. The molecule has 0 aromatic carbocycles. The number of carbonyl (C=O) groups is 1. The second-order valence-corrected chi connectivity index (χ2v) is 9.37. The third kappa shape index (κ3) is 3.59. The van der Waals surface area contributed by atoms with Crippen molar-refractivity contribution < 1.29 is 23.1 Å². The van der Waals surface area contributed by atoms with Gasteiger partial charge in [0.05, 0.1) is 28.7 Å². The first-order chi connectivity index (χ1) is 14.8. The minimum atomic E-state index is -4.65. The Balaban J connectivity index is 1.85. The van der Waals surface area contributed by atoms with Crippen LogP contribution < -0.4 is 5.32 Å². The van der Waals surface area contributed by atoms with Crippen molar-refractivity contribution in [3.63, 3.8) is 0 Å². The zero-order valence-corrected chi connectivity index (χ0v) is 18.2. The summed E-state index contributed by atoms with van der Waals surface area (Å²) in [5.74, 6) is 0.0136. The van der Waals surface area contributed by atoms with Gasteiger partial charge in [-0.1, -0.05) is 26.8 Å². The molecular weight excluding hydrogens is 425 g/mol. The van der Waals surface area contributed by atoms with Gasteiger partial charge in [0.15, 0.2) is 0 Å². The van der Waals surface area contributed by atoms with Crippen LogP contribution in [0.5, 0.6) is 0 Å². The Morgan fingerprint density at radius 1 is 1.28 bits per heavy atom. The summed E-state index contributed by atoms with van der Waals surface area (Å²) < 4.78 is 43.1. The van der Waals surface area contributed by atoms with Gasteiger partial charge in [0, 0.05) is 25.5 Å². The molecule has 8 nitrogen and oxygen atoms in total. The summed E-state index contributed by atoms with van der Waals surface area (Å²) in [6.45, 7) is 5.72. The number of halogens is 3. The van der Waals surface area contributed by atoms with Gasteiger partial charge < -0.3 is 10.4 Å². The molecule has 1 saturated heterocycles. The Morgan fingerprint density at radius 2 is 2.00 bits per heavy atom. The van der Waals surface area contributed by atoms with Crippen LogP contribution >= 0.6 is 0 Å². The number of nitrogens with zero attached hydrogens (tertiary/aromatic N) is 5. The van der Waals surface area contributed by atoms with Crippen molar-refractivity contribution in [2.45, 2.75) is 57.8 Å².